The molecule has 1 aliphatic heterocycles. The first kappa shape index (κ1) is 37.4. The Morgan fingerprint density at radius 1 is 0.922 bits per heavy atom. The Morgan fingerprint density at radius 3 is 1.98 bits per heavy atom. The fraction of sp³-hybridized carbons (Fsp3) is 0.395. The van der Waals surface area contributed by atoms with Crippen molar-refractivity contribution in [3.05, 3.63) is 128 Å². The van der Waals surface area contributed by atoms with Gasteiger partial charge in [-0.25, -0.2) is 9.63 Å². The second-order valence-electron chi connectivity index (χ2n) is 12.8. The summed E-state index contributed by atoms with van der Waals surface area (Å²) in [6, 6.07) is 27.4. The summed E-state index contributed by atoms with van der Waals surface area (Å²) in [6.45, 7) is 9.33. The third kappa shape index (κ3) is 8.07. The van der Waals surface area contributed by atoms with Gasteiger partial charge in [0.25, 0.3) is 5.56 Å². The van der Waals surface area contributed by atoms with Crippen molar-refractivity contribution in [2.45, 2.75) is 77.2 Å². The second-order valence-corrected chi connectivity index (χ2v) is 12.8. The fourth-order valence-corrected chi connectivity index (χ4v) is 6.50. The van der Waals surface area contributed by atoms with Gasteiger partial charge in [0.2, 0.25) is 0 Å². The Labute approximate surface area is 297 Å². The molecule has 1 fully saturated rings. The van der Waals surface area contributed by atoms with Gasteiger partial charge < -0.3 is 14.2 Å². The van der Waals surface area contributed by atoms with Crippen LogP contribution in [0.25, 0.3) is 0 Å². The van der Waals surface area contributed by atoms with Crippen LogP contribution in [0, 0.1) is 18.3 Å². The molecular formula is C38H46N6O7. The van der Waals surface area contributed by atoms with Crippen LogP contribution in [-0.4, -0.2) is 65.1 Å². The Hall–Kier alpha value is -4.81. The van der Waals surface area contributed by atoms with Gasteiger partial charge in [-0.15, -0.1) is 0 Å². The summed E-state index contributed by atoms with van der Waals surface area (Å²) in [5, 5.41) is 16.4. The minimum absolute atomic E-state index is 0.0697. The van der Waals surface area contributed by atoms with E-state index >= 15 is 0 Å². The maximum absolute atomic E-state index is 13.2. The van der Waals surface area contributed by atoms with Gasteiger partial charge in [0.1, 0.15) is 30.1 Å². The van der Waals surface area contributed by atoms with E-state index in [1.54, 1.807) is 21.1 Å². The van der Waals surface area contributed by atoms with Gasteiger partial charge in [-0.1, -0.05) is 54.6 Å². The van der Waals surface area contributed by atoms with Crippen molar-refractivity contribution in [1.29, 1.82) is 5.26 Å². The normalized spacial score (nSPS) is 17.7. The van der Waals surface area contributed by atoms with E-state index in [-0.39, 0.29) is 25.1 Å². The summed E-state index contributed by atoms with van der Waals surface area (Å²) in [4.78, 5) is 40.4. The largest absolute Gasteiger partial charge is 0.497 e. The monoisotopic (exact) mass is 698 g/mol. The van der Waals surface area contributed by atoms with Crippen molar-refractivity contribution >= 4 is 0 Å². The topological polar surface area (TPSA) is 143 Å². The minimum atomic E-state index is -1.05. The number of H-pyrrole nitrogens is 1. The van der Waals surface area contributed by atoms with Crippen LogP contribution in [0.5, 0.6) is 11.5 Å². The quantitative estimate of drug-likeness (QED) is 0.131. The molecule has 2 N–H and O–H groups in total. The molecule has 3 atom stereocenters. The molecule has 0 saturated carbocycles. The standard InChI is InChI=1S/C38H46N6O7/c1-25(2)43(26(3)4)44(49-22-21-39)51-33-23-34(42-24-27(5)35(45)40-37(42)46)50-36(33)41-38(28-11-9-8-10-12-28,29-13-17-31(47-6)18-14-29)30-15-19-32(48-7)20-16-30/h8-20,24-26,33-34,36,41H,22-23H2,1-7H3,(H,40,45,46). The first-order valence-corrected chi connectivity index (χ1v) is 16.9. The average molecular weight is 699 g/mol. The number of rotatable bonds is 15. The van der Waals surface area contributed by atoms with Crippen molar-refractivity contribution in [1.82, 2.24) is 25.2 Å². The zero-order valence-electron chi connectivity index (χ0n) is 30.0. The molecule has 0 spiro atoms. The highest BCUT2D eigenvalue weighted by molar-refractivity contribution is 5.51. The zero-order valence-corrected chi connectivity index (χ0v) is 30.0. The number of hydrogen-bond donors (Lipinski definition) is 2. The van der Waals surface area contributed by atoms with Crippen LogP contribution in [0.1, 0.15) is 62.6 Å². The summed E-state index contributed by atoms with van der Waals surface area (Å²) in [5.41, 5.74) is 0.842. The molecule has 0 radical (unpaired) electrons. The SMILES string of the molecule is COc1ccc(C(NC2OC(n3cc(C)c(=O)[nH]c3=O)CC2ON(OCC#N)N(C(C)C)C(C)C)(c2ccccc2)c2ccc(OC)cc2)cc1. The number of ether oxygens (including phenoxy) is 3. The number of methoxy groups -OCH3 is 2. The van der Waals surface area contributed by atoms with E-state index in [4.69, 9.17) is 23.9 Å². The van der Waals surface area contributed by atoms with Gasteiger partial charge in [0, 0.05) is 35.6 Å². The van der Waals surface area contributed by atoms with Crippen LogP contribution in [0.3, 0.4) is 0 Å². The molecule has 1 saturated heterocycles. The molecule has 3 aromatic carbocycles. The van der Waals surface area contributed by atoms with Crippen molar-refractivity contribution in [3.8, 4) is 17.6 Å². The molecule has 3 unspecified atom stereocenters. The smallest absolute Gasteiger partial charge is 0.330 e. The molecule has 270 valence electrons. The van der Waals surface area contributed by atoms with Gasteiger partial charge >= 0.3 is 5.69 Å². The van der Waals surface area contributed by atoms with Crippen molar-refractivity contribution in [2.24, 2.45) is 0 Å². The number of aromatic nitrogens is 2. The van der Waals surface area contributed by atoms with Gasteiger partial charge in [-0.05, 0) is 75.6 Å². The molecule has 5 rings (SSSR count). The maximum atomic E-state index is 13.2. The van der Waals surface area contributed by atoms with Crippen LogP contribution in [0.15, 0.2) is 94.6 Å². The van der Waals surface area contributed by atoms with E-state index in [0.29, 0.717) is 17.1 Å². The molecule has 1 aliphatic rings. The highest BCUT2D eigenvalue weighted by atomic mass is 17.0. The highest BCUT2D eigenvalue weighted by Crippen LogP contribution is 2.41. The van der Waals surface area contributed by atoms with Crippen LogP contribution >= 0.6 is 0 Å². The molecule has 0 amide bonds. The number of hydrogen-bond acceptors (Lipinski definition) is 11. The van der Waals surface area contributed by atoms with Crippen LogP contribution in [0.4, 0.5) is 0 Å². The van der Waals surface area contributed by atoms with Gasteiger partial charge in [0.15, 0.2) is 6.61 Å². The Balaban J connectivity index is 1.70. The number of aromatic amines is 1. The first-order valence-electron chi connectivity index (χ1n) is 16.9. The van der Waals surface area contributed by atoms with E-state index in [9.17, 15) is 14.9 Å². The van der Waals surface area contributed by atoms with E-state index < -0.39 is 35.3 Å². The number of aryl methyl sites for hydroxylation is 1. The third-order valence-electron chi connectivity index (χ3n) is 8.85. The maximum Gasteiger partial charge on any atom is 0.330 e. The summed E-state index contributed by atoms with van der Waals surface area (Å²) in [6.07, 6.45) is -0.864. The molecular weight excluding hydrogens is 652 g/mol. The Morgan fingerprint density at radius 2 is 1.47 bits per heavy atom. The fourth-order valence-electron chi connectivity index (χ4n) is 6.50. The molecule has 13 nitrogen and oxygen atoms in total. The van der Waals surface area contributed by atoms with E-state index in [1.807, 2.05) is 118 Å². The average Bonchev–Trinajstić information content (AvgIpc) is 3.52. The molecule has 1 aromatic heterocycles. The molecule has 2 heterocycles. The van der Waals surface area contributed by atoms with Gasteiger partial charge in [-0.2, -0.15) is 10.3 Å². The summed E-state index contributed by atoms with van der Waals surface area (Å²) in [7, 11) is 3.24. The number of nitrogens with one attached hydrogen (secondary N) is 2. The molecule has 13 heteroatoms. The van der Waals surface area contributed by atoms with Crippen LogP contribution in [0.2, 0.25) is 0 Å². The summed E-state index contributed by atoms with van der Waals surface area (Å²) >= 11 is 0. The van der Waals surface area contributed by atoms with Crippen molar-refractivity contribution in [2.75, 3.05) is 20.8 Å². The molecule has 4 aromatic rings. The molecule has 51 heavy (non-hydrogen) atoms. The van der Waals surface area contributed by atoms with Crippen LogP contribution in [-0.2, 0) is 20.0 Å². The molecule has 0 aliphatic carbocycles. The lowest BCUT2D eigenvalue weighted by Gasteiger charge is -2.42. The predicted octanol–water partition coefficient (Wildman–Crippen LogP) is 4.78. The van der Waals surface area contributed by atoms with Crippen molar-refractivity contribution in [3.63, 3.8) is 0 Å². The van der Waals surface area contributed by atoms with E-state index in [0.717, 1.165) is 16.7 Å². The number of hydrazine groups is 1. The number of nitriles is 1. The molecule has 0 bridgehead atoms. The number of benzene rings is 3. The second kappa shape index (κ2) is 16.5. The lowest BCUT2D eigenvalue weighted by atomic mass is 9.76. The van der Waals surface area contributed by atoms with Gasteiger partial charge in [-0.3, -0.25) is 24.5 Å². The summed E-state index contributed by atoms with van der Waals surface area (Å²) < 4.78 is 19.1. The predicted molar refractivity (Wildman–Crippen MR) is 190 cm³/mol. The Kier molecular flexibility index (Phi) is 12.1. The van der Waals surface area contributed by atoms with Crippen LogP contribution < -0.4 is 26.0 Å². The van der Waals surface area contributed by atoms with E-state index in [1.165, 1.54) is 16.1 Å². The zero-order chi connectivity index (χ0) is 36.7. The van der Waals surface area contributed by atoms with Crippen molar-refractivity contribution < 1.29 is 23.9 Å². The highest BCUT2D eigenvalue weighted by Gasteiger charge is 2.47. The lowest BCUT2D eigenvalue weighted by Crippen LogP contribution is -2.56. The lowest BCUT2D eigenvalue weighted by molar-refractivity contribution is -0.484. The number of nitrogens with zero attached hydrogens (tertiary/aromatic N) is 4. The van der Waals surface area contributed by atoms with Gasteiger partial charge in [0.05, 0.1) is 25.8 Å². The Bertz CT molecular complexity index is 1830. The minimum Gasteiger partial charge on any atom is -0.497 e. The third-order valence-corrected chi connectivity index (χ3v) is 8.85. The van der Waals surface area contributed by atoms with E-state index in [2.05, 4.69) is 10.3 Å². The summed E-state index contributed by atoms with van der Waals surface area (Å²) in [5.74, 6) is 1.38. The first-order chi connectivity index (χ1) is 24.5.